The van der Waals surface area contributed by atoms with Gasteiger partial charge >= 0.3 is 0 Å². The lowest BCUT2D eigenvalue weighted by molar-refractivity contribution is 0.0730. The number of nitrogens with one attached hydrogen (secondary N) is 1. The van der Waals surface area contributed by atoms with Crippen LogP contribution in [-0.2, 0) is 14.8 Å². The first-order valence-electron chi connectivity index (χ1n) is 10.3. The molecule has 0 unspecified atom stereocenters. The lowest BCUT2D eigenvalue weighted by Gasteiger charge is -2.32. The lowest BCUT2D eigenvalue weighted by atomic mass is 10.0. The number of hydrogen-bond donors (Lipinski definition) is 1. The monoisotopic (exact) mass is 423 g/mol. The van der Waals surface area contributed by atoms with E-state index in [0.717, 1.165) is 32.0 Å². The zero-order chi connectivity index (χ0) is 20.4. The maximum atomic E-state index is 12.9. The van der Waals surface area contributed by atoms with E-state index in [-0.39, 0.29) is 22.4 Å². The highest BCUT2D eigenvalue weighted by Gasteiger charge is 2.33. The van der Waals surface area contributed by atoms with Gasteiger partial charge in [-0.25, -0.2) is 8.42 Å². The zero-order valence-corrected chi connectivity index (χ0v) is 17.6. The standard InChI is InChI=1S/C20H29N3O5S/c1-27-19-5-4-17(29(25,26)23-10-12-28-13-11-23)14-18(19)20(24)21-15-6-8-22(9-7-15)16-2-3-16/h4-5,14-16H,2-3,6-13H2,1H3,(H,21,24). The van der Waals surface area contributed by atoms with Gasteiger partial charge in [0.05, 0.1) is 30.8 Å². The van der Waals surface area contributed by atoms with Gasteiger partial charge in [0.2, 0.25) is 10.0 Å². The fraction of sp³-hybridized carbons (Fsp3) is 0.650. The molecule has 4 rings (SSSR count). The molecule has 0 spiro atoms. The van der Waals surface area contributed by atoms with Gasteiger partial charge in [-0.05, 0) is 43.9 Å². The van der Waals surface area contributed by atoms with Crippen LogP contribution < -0.4 is 10.1 Å². The Hall–Kier alpha value is -1.68. The van der Waals surface area contributed by atoms with Crippen LogP contribution >= 0.6 is 0 Å². The van der Waals surface area contributed by atoms with Gasteiger partial charge in [-0.15, -0.1) is 0 Å². The van der Waals surface area contributed by atoms with Crippen LogP contribution in [0.5, 0.6) is 5.75 Å². The number of amides is 1. The molecule has 1 aromatic rings. The summed E-state index contributed by atoms with van der Waals surface area (Å²) in [5, 5.41) is 3.07. The highest BCUT2D eigenvalue weighted by molar-refractivity contribution is 7.89. The molecule has 2 aliphatic heterocycles. The third-order valence-electron chi connectivity index (χ3n) is 5.95. The number of benzene rings is 1. The second kappa shape index (κ2) is 8.59. The van der Waals surface area contributed by atoms with Gasteiger partial charge in [0.15, 0.2) is 0 Å². The van der Waals surface area contributed by atoms with Crippen molar-refractivity contribution in [3.8, 4) is 5.75 Å². The van der Waals surface area contributed by atoms with Crippen LogP contribution in [0.4, 0.5) is 0 Å². The van der Waals surface area contributed by atoms with Gasteiger partial charge in [0, 0.05) is 38.3 Å². The first-order chi connectivity index (χ1) is 14.0. The van der Waals surface area contributed by atoms with Crippen LogP contribution in [0.1, 0.15) is 36.0 Å². The molecule has 3 aliphatic rings. The molecule has 0 bridgehead atoms. The molecule has 1 saturated carbocycles. The Morgan fingerprint density at radius 2 is 1.79 bits per heavy atom. The summed E-state index contributed by atoms with van der Waals surface area (Å²) in [6.45, 7) is 3.38. The Kier molecular flexibility index (Phi) is 6.10. The van der Waals surface area contributed by atoms with Crippen molar-refractivity contribution < 1.29 is 22.7 Å². The van der Waals surface area contributed by atoms with Crippen molar-refractivity contribution in [3.05, 3.63) is 23.8 Å². The Balaban J connectivity index is 1.48. The summed E-state index contributed by atoms with van der Waals surface area (Å²) in [4.78, 5) is 15.5. The molecule has 2 heterocycles. The maximum absolute atomic E-state index is 12.9. The molecular weight excluding hydrogens is 394 g/mol. The van der Waals surface area contributed by atoms with Crippen molar-refractivity contribution in [1.82, 2.24) is 14.5 Å². The molecule has 3 fully saturated rings. The fourth-order valence-electron chi connectivity index (χ4n) is 4.07. The van der Waals surface area contributed by atoms with Gasteiger partial charge in [-0.3, -0.25) is 4.79 Å². The van der Waals surface area contributed by atoms with Crippen molar-refractivity contribution in [3.63, 3.8) is 0 Å². The van der Waals surface area contributed by atoms with Gasteiger partial charge < -0.3 is 19.7 Å². The van der Waals surface area contributed by atoms with Crippen LogP contribution in [0.15, 0.2) is 23.1 Å². The number of likely N-dealkylation sites (tertiary alicyclic amines) is 1. The number of carbonyl (C=O) groups is 1. The summed E-state index contributed by atoms with van der Waals surface area (Å²) < 4.78 is 37.9. The average Bonchev–Trinajstić information content (AvgIpc) is 3.60. The molecule has 1 aliphatic carbocycles. The van der Waals surface area contributed by atoms with Crippen molar-refractivity contribution in [1.29, 1.82) is 0 Å². The van der Waals surface area contributed by atoms with Crippen molar-refractivity contribution in [2.45, 2.75) is 42.7 Å². The largest absolute Gasteiger partial charge is 0.496 e. The van der Waals surface area contributed by atoms with E-state index in [9.17, 15) is 13.2 Å². The van der Waals surface area contributed by atoms with E-state index in [0.29, 0.717) is 32.1 Å². The molecule has 9 heteroatoms. The smallest absolute Gasteiger partial charge is 0.255 e. The Morgan fingerprint density at radius 1 is 1.10 bits per heavy atom. The van der Waals surface area contributed by atoms with Gasteiger partial charge in [-0.1, -0.05) is 0 Å². The quantitative estimate of drug-likeness (QED) is 0.737. The summed E-state index contributed by atoms with van der Waals surface area (Å²) in [6.07, 6.45) is 4.41. The lowest BCUT2D eigenvalue weighted by Crippen LogP contribution is -2.45. The first kappa shape index (κ1) is 20.6. The van der Waals surface area contributed by atoms with Crippen LogP contribution in [0.2, 0.25) is 0 Å². The van der Waals surface area contributed by atoms with Crippen molar-refractivity contribution >= 4 is 15.9 Å². The average molecular weight is 424 g/mol. The highest BCUT2D eigenvalue weighted by Crippen LogP contribution is 2.30. The number of nitrogens with zero attached hydrogens (tertiary/aromatic N) is 2. The third-order valence-corrected chi connectivity index (χ3v) is 7.85. The predicted octanol–water partition coefficient (Wildman–Crippen LogP) is 1.07. The topological polar surface area (TPSA) is 88.2 Å². The van der Waals surface area contributed by atoms with Gasteiger partial charge in [-0.2, -0.15) is 4.31 Å². The number of morpholine rings is 1. The van der Waals surface area contributed by atoms with Crippen LogP contribution in [0.3, 0.4) is 0 Å². The maximum Gasteiger partial charge on any atom is 0.255 e. The van der Waals surface area contributed by atoms with E-state index in [1.165, 1.54) is 36.4 Å². The van der Waals surface area contributed by atoms with Crippen LogP contribution in [-0.4, -0.2) is 82.1 Å². The summed E-state index contributed by atoms with van der Waals surface area (Å²) in [6, 6.07) is 5.32. The second-order valence-corrected chi connectivity index (χ2v) is 9.83. The van der Waals surface area contributed by atoms with Gasteiger partial charge in [0.25, 0.3) is 5.91 Å². The minimum atomic E-state index is -3.67. The molecule has 0 aromatic heterocycles. The minimum Gasteiger partial charge on any atom is -0.496 e. The molecule has 1 aromatic carbocycles. The Morgan fingerprint density at radius 3 is 2.41 bits per heavy atom. The first-order valence-corrected chi connectivity index (χ1v) is 11.7. The molecule has 29 heavy (non-hydrogen) atoms. The minimum absolute atomic E-state index is 0.0988. The molecule has 0 atom stereocenters. The number of sulfonamides is 1. The normalized spacial score (nSPS) is 22.4. The van der Waals surface area contributed by atoms with Gasteiger partial charge in [0.1, 0.15) is 5.75 Å². The van der Waals surface area contributed by atoms with Crippen LogP contribution in [0, 0.1) is 0 Å². The fourth-order valence-corrected chi connectivity index (χ4v) is 5.51. The summed E-state index contributed by atoms with van der Waals surface area (Å²) in [5.74, 6) is 0.0876. The SMILES string of the molecule is COc1ccc(S(=O)(=O)N2CCOCC2)cc1C(=O)NC1CCN(C2CC2)CC1. The Bertz CT molecular complexity index is 842. The highest BCUT2D eigenvalue weighted by atomic mass is 32.2. The molecule has 1 amide bonds. The van der Waals surface area contributed by atoms with Crippen molar-refractivity contribution in [2.24, 2.45) is 0 Å². The molecule has 0 radical (unpaired) electrons. The van der Waals surface area contributed by atoms with E-state index in [2.05, 4.69) is 10.2 Å². The molecule has 160 valence electrons. The summed E-state index contributed by atoms with van der Waals surface area (Å²) in [5.41, 5.74) is 0.256. The van der Waals surface area contributed by atoms with Crippen LogP contribution in [0.25, 0.3) is 0 Å². The predicted molar refractivity (Wildman–Crippen MR) is 108 cm³/mol. The second-order valence-electron chi connectivity index (χ2n) is 7.89. The van der Waals surface area contributed by atoms with Crippen molar-refractivity contribution in [2.75, 3.05) is 46.5 Å². The van der Waals surface area contributed by atoms with E-state index in [1.54, 1.807) is 6.07 Å². The number of methoxy groups -OCH3 is 1. The zero-order valence-electron chi connectivity index (χ0n) is 16.8. The van der Waals surface area contributed by atoms with E-state index in [1.807, 2.05) is 0 Å². The number of rotatable bonds is 6. The summed E-state index contributed by atoms with van der Waals surface area (Å²) in [7, 11) is -2.19. The van der Waals surface area contributed by atoms with E-state index in [4.69, 9.17) is 9.47 Å². The number of carbonyl (C=O) groups excluding carboxylic acids is 1. The molecule has 1 N–H and O–H groups in total. The van der Waals surface area contributed by atoms with E-state index >= 15 is 0 Å². The summed E-state index contributed by atoms with van der Waals surface area (Å²) >= 11 is 0. The molecular formula is C20H29N3O5S. The molecule has 8 nitrogen and oxygen atoms in total. The van der Waals surface area contributed by atoms with E-state index < -0.39 is 10.0 Å². The number of piperidine rings is 1. The number of hydrogen-bond acceptors (Lipinski definition) is 6. The Labute approximate surface area is 172 Å². The number of ether oxygens (including phenoxy) is 2. The third kappa shape index (κ3) is 4.58. The molecule has 2 saturated heterocycles.